The Morgan fingerprint density at radius 1 is 1.18 bits per heavy atom. The number of para-hydroxylation sites is 2. The number of carbonyl (C=O) groups excluding carboxylic acids is 1. The predicted molar refractivity (Wildman–Crippen MR) is 162 cm³/mol. The summed E-state index contributed by atoms with van der Waals surface area (Å²) in [6.45, 7) is 12.5. The third-order valence-corrected chi connectivity index (χ3v) is 9.01. The van der Waals surface area contributed by atoms with Gasteiger partial charge in [0.2, 0.25) is 10.3 Å². The van der Waals surface area contributed by atoms with Crippen LogP contribution in [0.15, 0.2) is 41.6 Å². The average molecular weight is 587 g/mol. The van der Waals surface area contributed by atoms with E-state index in [-0.39, 0.29) is 16.6 Å². The SMILES string of the molecule is CCSc1nsc(NC(=O)Nc2ccccc2N2CC3(CCN(CC(C)(C)C)CC3)c3c(Cl)ccc(O)c32)n1. The van der Waals surface area contributed by atoms with E-state index in [9.17, 15) is 9.90 Å². The number of fused-ring (bicyclic) bond motifs is 2. The summed E-state index contributed by atoms with van der Waals surface area (Å²) in [5, 5.41) is 18.6. The molecule has 0 radical (unpaired) electrons. The summed E-state index contributed by atoms with van der Waals surface area (Å²) < 4.78 is 4.26. The molecule has 1 saturated heterocycles. The number of urea groups is 1. The van der Waals surface area contributed by atoms with Crippen LogP contribution in [0, 0.1) is 5.41 Å². The topological polar surface area (TPSA) is 93.6 Å². The van der Waals surface area contributed by atoms with Gasteiger partial charge in [-0.2, -0.15) is 9.36 Å². The summed E-state index contributed by atoms with van der Waals surface area (Å²) >= 11 is 9.54. The smallest absolute Gasteiger partial charge is 0.325 e. The van der Waals surface area contributed by atoms with Crippen LogP contribution >= 0.6 is 34.9 Å². The van der Waals surface area contributed by atoms with Crippen molar-refractivity contribution in [1.29, 1.82) is 0 Å². The summed E-state index contributed by atoms with van der Waals surface area (Å²) in [7, 11) is 0. The number of phenols is 1. The van der Waals surface area contributed by atoms with E-state index in [0.29, 0.717) is 27.5 Å². The third-order valence-electron chi connectivity index (χ3n) is 7.22. The lowest BCUT2D eigenvalue weighted by Gasteiger charge is -2.42. The van der Waals surface area contributed by atoms with Crippen molar-refractivity contribution in [2.75, 3.05) is 47.5 Å². The molecule has 1 aromatic heterocycles. The second-order valence-electron chi connectivity index (χ2n) is 11.4. The highest BCUT2D eigenvalue weighted by molar-refractivity contribution is 7.99. The number of piperidine rings is 1. The van der Waals surface area contributed by atoms with Crippen LogP contribution in [0.1, 0.15) is 46.1 Å². The Kier molecular flexibility index (Phi) is 8.01. The Hall–Kier alpha value is -2.53. The van der Waals surface area contributed by atoms with Gasteiger partial charge in [0.05, 0.1) is 17.1 Å². The number of phenolic OH excluding ortho intramolecular Hbond substituents is 1. The number of nitrogens with one attached hydrogen (secondary N) is 2. The molecule has 3 aromatic rings. The average Bonchev–Trinajstić information content (AvgIpc) is 3.45. The fourth-order valence-corrected chi connectivity index (χ4v) is 7.35. The molecular weight excluding hydrogens is 552 g/mol. The highest BCUT2D eigenvalue weighted by Crippen LogP contribution is 2.56. The van der Waals surface area contributed by atoms with Crippen LogP contribution in [0.4, 0.5) is 27.0 Å². The largest absolute Gasteiger partial charge is 0.506 e. The molecule has 0 bridgehead atoms. The number of hydrogen-bond acceptors (Lipinski definition) is 8. The number of thioether (sulfide) groups is 1. The molecule has 8 nitrogen and oxygen atoms in total. The standard InChI is InChI=1S/C28H35ClN6O2S2/c1-5-38-26-32-25(39-33-26)31-24(37)30-19-8-6-7-9-20(19)35-17-28(22-18(29)10-11-21(36)23(22)35)12-14-34(15-13-28)16-27(2,3)4/h6-11,36H,5,12-17H2,1-4H3,(H2,30,31,32,33,37). The van der Waals surface area contributed by atoms with Gasteiger partial charge < -0.3 is 20.2 Å². The van der Waals surface area contributed by atoms with Crippen molar-refractivity contribution in [2.45, 2.75) is 51.1 Å². The summed E-state index contributed by atoms with van der Waals surface area (Å²) in [5.41, 5.74) is 3.22. The van der Waals surface area contributed by atoms with E-state index in [4.69, 9.17) is 11.6 Å². The van der Waals surface area contributed by atoms with Gasteiger partial charge in [-0.15, -0.1) is 0 Å². The van der Waals surface area contributed by atoms with Gasteiger partial charge in [-0.25, -0.2) is 4.79 Å². The van der Waals surface area contributed by atoms with Gasteiger partial charge in [0, 0.05) is 40.6 Å². The Labute approximate surface area is 243 Å². The second-order valence-corrected chi connectivity index (χ2v) is 13.8. The minimum Gasteiger partial charge on any atom is -0.506 e. The number of rotatable bonds is 6. The zero-order chi connectivity index (χ0) is 27.8. The van der Waals surface area contributed by atoms with E-state index >= 15 is 0 Å². The molecule has 0 aliphatic carbocycles. The fraction of sp³-hybridized carbons (Fsp3) is 0.464. The van der Waals surface area contributed by atoms with Crippen molar-refractivity contribution in [1.82, 2.24) is 14.3 Å². The molecule has 0 unspecified atom stereocenters. The molecule has 11 heteroatoms. The van der Waals surface area contributed by atoms with Gasteiger partial charge in [0.25, 0.3) is 0 Å². The lowest BCUT2D eigenvalue weighted by atomic mass is 9.74. The monoisotopic (exact) mass is 586 g/mol. The molecular formula is C28H35ClN6O2S2. The number of aromatic hydroxyl groups is 1. The predicted octanol–water partition coefficient (Wildman–Crippen LogP) is 7.18. The number of nitrogens with zero attached hydrogens (tertiary/aromatic N) is 4. The quantitative estimate of drug-likeness (QED) is 0.263. The van der Waals surface area contributed by atoms with Gasteiger partial charge in [-0.3, -0.25) is 5.32 Å². The van der Waals surface area contributed by atoms with E-state index in [1.165, 1.54) is 11.8 Å². The molecule has 1 spiro atoms. The van der Waals surface area contributed by atoms with Gasteiger partial charge in [0.15, 0.2) is 0 Å². The zero-order valence-corrected chi connectivity index (χ0v) is 25.1. The Bertz CT molecular complexity index is 1350. The number of halogens is 1. The Morgan fingerprint density at radius 3 is 2.64 bits per heavy atom. The molecule has 0 atom stereocenters. The number of hydrogen-bond donors (Lipinski definition) is 3. The maximum Gasteiger partial charge on any atom is 0.325 e. The number of benzene rings is 2. The molecule has 2 aromatic carbocycles. The van der Waals surface area contributed by atoms with Gasteiger partial charge in [-0.1, -0.05) is 63.2 Å². The van der Waals surface area contributed by atoms with Crippen LogP contribution in [0.25, 0.3) is 0 Å². The minimum absolute atomic E-state index is 0.186. The van der Waals surface area contributed by atoms with E-state index in [1.807, 2.05) is 31.2 Å². The second kappa shape index (κ2) is 11.2. The molecule has 208 valence electrons. The normalized spacial score (nSPS) is 16.9. The molecule has 2 aliphatic rings. The number of amides is 2. The van der Waals surface area contributed by atoms with Crippen LogP contribution in [0.3, 0.4) is 0 Å². The first-order valence-corrected chi connectivity index (χ1v) is 15.4. The van der Waals surface area contributed by atoms with Gasteiger partial charge >= 0.3 is 6.03 Å². The molecule has 2 aliphatic heterocycles. The summed E-state index contributed by atoms with van der Waals surface area (Å²) in [6, 6.07) is 10.7. The van der Waals surface area contributed by atoms with Crippen LogP contribution in [0.2, 0.25) is 5.02 Å². The van der Waals surface area contributed by atoms with Crippen molar-refractivity contribution in [3.8, 4) is 5.75 Å². The number of anilines is 4. The first kappa shape index (κ1) is 28.0. The third kappa shape index (κ3) is 5.99. The van der Waals surface area contributed by atoms with Crippen LogP contribution < -0.4 is 15.5 Å². The molecule has 3 N–H and O–H groups in total. The lowest BCUT2D eigenvalue weighted by molar-refractivity contribution is 0.125. The molecule has 3 heterocycles. The molecule has 1 fully saturated rings. The van der Waals surface area contributed by atoms with E-state index in [1.54, 1.807) is 12.1 Å². The molecule has 5 rings (SSSR count). The van der Waals surface area contributed by atoms with E-state index in [2.05, 4.69) is 50.6 Å². The lowest BCUT2D eigenvalue weighted by Crippen LogP contribution is -2.47. The minimum atomic E-state index is -0.397. The maximum absolute atomic E-state index is 12.9. The Balaban J connectivity index is 1.42. The number of carbonyl (C=O) groups is 1. The summed E-state index contributed by atoms with van der Waals surface area (Å²) in [6.07, 6.45) is 1.89. The van der Waals surface area contributed by atoms with E-state index in [0.717, 1.165) is 66.7 Å². The highest BCUT2D eigenvalue weighted by atomic mass is 35.5. The molecule has 2 amide bonds. The van der Waals surface area contributed by atoms with Crippen molar-refractivity contribution in [3.63, 3.8) is 0 Å². The number of likely N-dealkylation sites (tertiary alicyclic amines) is 1. The summed E-state index contributed by atoms with van der Waals surface area (Å²) in [4.78, 5) is 21.9. The number of aromatic nitrogens is 2. The van der Waals surface area contributed by atoms with Crippen molar-refractivity contribution in [3.05, 3.63) is 47.0 Å². The summed E-state index contributed by atoms with van der Waals surface area (Å²) in [5.74, 6) is 1.05. The first-order chi connectivity index (χ1) is 18.6. The van der Waals surface area contributed by atoms with Gasteiger partial charge in [0.1, 0.15) is 5.75 Å². The highest BCUT2D eigenvalue weighted by Gasteiger charge is 2.48. The first-order valence-electron chi connectivity index (χ1n) is 13.2. The molecule has 39 heavy (non-hydrogen) atoms. The zero-order valence-electron chi connectivity index (χ0n) is 22.8. The maximum atomic E-state index is 12.9. The van der Waals surface area contributed by atoms with Crippen molar-refractivity contribution < 1.29 is 9.90 Å². The Morgan fingerprint density at radius 2 is 1.92 bits per heavy atom. The van der Waals surface area contributed by atoms with Crippen molar-refractivity contribution >= 4 is 63.1 Å². The molecule has 0 saturated carbocycles. The van der Waals surface area contributed by atoms with Crippen molar-refractivity contribution in [2.24, 2.45) is 5.41 Å². The van der Waals surface area contributed by atoms with Gasteiger partial charge in [-0.05, 0) is 61.4 Å². The fourth-order valence-electron chi connectivity index (χ4n) is 5.73. The van der Waals surface area contributed by atoms with Crippen LogP contribution in [0.5, 0.6) is 5.75 Å². The van der Waals surface area contributed by atoms with Crippen LogP contribution in [-0.2, 0) is 5.41 Å². The van der Waals surface area contributed by atoms with Crippen LogP contribution in [-0.4, -0.2) is 57.3 Å². The van der Waals surface area contributed by atoms with E-state index < -0.39 is 6.03 Å².